The molecule has 1 aromatic heterocycles. The molecule has 1 aromatic rings. The summed E-state index contributed by atoms with van der Waals surface area (Å²) in [6.07, 6.45) is 2.25. The van der Waals surface area contributed by atoms with E-state index in [9.17, 15) is 4.79 Å². The molecule has 0 saturated carbocycles. The number of carbonyl (C=O) groups excluding carboxylic acids is 1. The van der Waals surface area contributed by atoms with Gasteiger partial charge < -0.3 is 4.90 Å². The standard InChI is InChI=1S/C4H2Cl2N2.C3H7NO/c5-3-1-2-7-4(6)8-3;1-4(2)3-5/h1-2H;3H,1-2H3. The molecule has 0 bridgehead atoms. The fraction of sp³-hybridized carbons (Fsp3) is 0.286. The molecule has 6 heteroatoms. The summed E-state index contributed by atoms with van der Waals surface area (Å²) in [5, 5.41) is 0.544. The Morgan fingerprint density at radius 2 is 2.00 bits per heavy atom. The van der Waals surface area contributed by atoms with E-state index in [0.29, 0.717) is 5.15 Å². The van der Waals surface area contributed by atoms with Crippen LogP contribution >= 0.6 is 23.2 Å². The minimum absolute atomic E-state index is 0.178. The van der Waals surface area contributed by atoms with Crippen LogP contribution in [0.15, 0.2) is 12.3 Å². The number of aromatic nitrogens is 2. The minimum Gasteiger partial charge on any atom is -0.351 e. The van der Waals surface area contributed by atoms with Crippen molar-refractivity contribution in [2.75, 3.05) is 14.1 Å². The normalized spacial score (nSPS) is 8.31. The Morgan fingerprint density at radius 1 is 1.46 bits per heavy atom. The van der Waals surface area contributed by atoms with Gasteiger partial charge in [-0.25, -0.2) is 9.97 Å². The fourth-order valence-corrected chi connectivity index (χ4v) is 0.642. The fourth-order valence-electron chi connectivity index (χ4n) is 0.315. The van der Waals surface area contributed by atoms with Crippen LogP contribution in [-0.4, -0.2) is 35.4 Å². The number of nitrogens with zero attached hydrogens (tertiary/aromatic N) is 3. The number of amides is 1. The van der Waals surface area contributed by atoms with Gasteiger partial charge in [-0.2, -0.15) is 0 Å². The van der Waals surface area contributed by atoms with Crippen LogP contribution in [0.4, 0.5) is 0 Å². The first-order valence-corrected chi connectivity index (χ1v) is 4.07. The summed E-state index contributed by atoms with van der Waals surface area (Å²) in [7, 11) is 3.38. The molecule has 0 atom stereocenters. The number of halogens is 2. The monoisotopic (exact) mass is 221 g/mol. The summed E-state index contributed by atoms with van der Waals surface area (Å²) in [5.41, 5.74) is 0. The van der Waals surface area contributed by atoms with E-state index in [4.69, 9.17) is 23.2 Å². The second kappa shape index (κ2) is 6.62. The summed E-state index contributed by atoms with van der Waals surface area (Å²) in [5.74, 6) is 0. The summed E-state index contributed by atoms with van der Waals surface area (Å²) in [6.45, 7) is 0. The zero-order valence-electron chi connectivity index (χ0n) is 7.24. The van der Waals surface area contributed by atoms with Crippen LogP contribution in [0.25, 0.3) is 0 Å². The van der Waals surface area contributed by atoms with E-state index in [2.05, 4.69) is 9.97 Å². The average Bonchev–Trinajstić information content (AvgIpc) is 2.05. The summed E-state index contributed by atoms with van der Waals surface area (Å²) < 4.78 is 0. The third-order valence-electron chi connectivity index (χ3n) is 0.803. The molecular weight excluding hydrogens is 213 g/mol. The highest BCUT2D eigenvalue weighted by atomic mass is 35.5. The lowest BCUT2D eigenvalue weighted by Gasteiger charge is -1.93. The van der Waals surface area contributed by atoms with Gasteiger partial charge in [0.25, 0.3) is 0 Å². The summed E-state index contributed by atoms with van der Waals surface area (Å²) in [6, 6.07) is 1.56. The van der Waals surface area contributed by atoms with Crippen LogP contribution in [0.2, 0.25) is 10.4 Å². The minimum atomic E-state index is 0.178. The van der Waals surface area contributed by atoms with Crippen LogP contribution in [-0.2, 0) is 4.79 Å². The van der Waals surface area contributed by atoms with E-state index >= 15 is 0 Å². The van der Waals surface area contributed by atoms with Crippen LogP contribution in [0.5, 0.6) is 0 Å². The van der Waals surface area contributed by atoms with Gasteiger partial charge in [0.05, 0.1) is 0 Å². The predicted octanol–water partition coefficient (Wildman–Crippen LogP) is 1.49. The second-order valence-corrected chi connectivity index (χ2v) is 2.94. The van der Waals surface area contributed by atoms with E-state index in [0.717, 1.165) is 6.41 Å². The lowest BCUT2D eigenvalue weighted by atomic mass is 10.7. The number of hydrogen-bond acceptors (Lipinski definition) is 3. The molecule has 0 aliphatic rings. The zero-order valence-corrected chi connectivity index (χ0v) is 8.75. The lowest BCUT2D eigenvalue weighted by molar-refractivity contribution is -0.115. The molecule has 0 aliphatic carbocycles. The van der Waals surface area contributed by atoms with Crippen molar-refractivity contribution in [3.8, 4) is 0 Å². The maximum Gasteiger partial charge on any atom is 0.223 e. The number of hydrogen-bond donors (Lipinski definition) is 0. The Balaban J connectivity index is 0.000000252. The van der Waals surface area contributed by atoms with E-state index < -0.39 is 0 Å². The van der Waals surface area contributed by atoms with Crippen molar-refractivity contribution >= 4 is 29.6 Å². The highest BCUT2D eigenvalue weighted by Crippen LogP contribution is 2.04. The molecule has 72 valence electrons. The molecule has 0 fully saturated rings. The molecular formula is C7H9Cl2N3O. The topological polar surface area (TPSA) is 46.1 Å². The van der Waals surface area contributed by atoms with Gasteiger partial charge in [-0.05, 0) is 17.7 Å². The smallest absolute Gasteiger partial charge is 0.223 e. The summed E-state index contributed by atoms with van der Waals surface area (Å²) >= 11 is 10.7. The molecule has 0 N–H and O–H groups in total. The van der Waals surface area contributed by atoms with Crippen molar-refractivity contribution in [1.82, 2.24) is 14.9 Å². The molecule has 4 nitrogen and oxygen atoms in total. The van der Waals surface area contributed by atoms with Crippen molar-refractivity contribution in [3.05, 3.63) is 22.7 Å². The molecule has 0 saturated heterocycles. The Bertz CT molecular complexity index is 250. The van der Waals surface area contributed by atoms with Crippen molar-refractivity contribution in [3.63, 3.8) is 0 Å². The maximum atomic E-state index is 9.43. The van der Waals surface area contributed by atoms with Gasteiger partial charge in [0.2, 0.25) is 11.7 Å². The van der Waals surface area contributed by atoms with Crippen molar-refractivity contribution in [1.29, 1.82) is 0 Å². The third-order valence-corrected chi connectivity index (χ3v) is 1.20. The predicted molar refractivity (Wildman–Crippen MR) is 51.8 cm³/mol. The van der Waals surface area contributed by atoms with Crippen molar-refractivity contribution < 1.29 is 4.79 Å². The molecule has 0 aromatic carbocycles. The molecule has 13 heavy (non-hydrogen) atoms. The van der Waals surface area contributed by atoms with Gasteiger partial charge in [0.15, 0.2) is 0 Å². The SMILES string of the molecule is CN(C)C=O.Clc1ccnc(Cl)n1. The van der Waals surface area contributed by atoms with Gasteiger partial charge in [0, 0.05) is 20.3 Å². The largest absolute Gasteiger partial charge is 0.351 e. The number of carbonyl (C=O) groups is 1. The Morgan fingerprint density at radius 3 is 2.23 bits per heavy atom. The molecule has 0 radical (unpaired) electrons. The van der Waals surface area contributed by atoms with Gasteiger partial charge in [-0.1, -0.05) is 11.6 Å². The van der Waals surface area contributed by atoms with Crippen molar-refractivity contribution in [2.24, 2.45) is 0 Å². The lowest BCUT2D eigenvalue weighted by Crippen LogP contribution is -2.06. The second-order valence-electron chi connectivity index (χ2n) is 2.22. The van der Waals surface area contributed by atoms with Crippen LogP contribution in [0.3, 0.4) is 0 Å². The maximum absolute atomic E-state index is 9.43. The highest BCUT2D eigenvalue weighted by molar-refractivity contribution is 6.31. The molecule has 1 heterocycles. The van der Waals surface area contributed by atoms with Crippen molar-refractivity contribution in [2.45, 2.75) is 0 Å². The van der Waals surface area contributed by atoms with Crippen LogP contribution < -0.4 is 0 Å². The van der Waals surface area contributed by atoms with Crippen LogP contribution in [0.1, 0.15) is 0 Å². The van der Waals surface area contributed by atoms with Gasteiger partial charge in [-0.15, -0.1) is 0 Å². The molecule has 1 amide bonds. The molecule has 1 rings (SSSR count). The van der Waals surface area contributed by atoms with E-state index in [1.165, 1.54) is 11.1 Å². The van der Waals surface area contributed by atoms with E-state index in [-0.39, 0.29) is 5.28 Å². The first-order valence-electron chi connectivity index (χ1n) is 3.32. The highest BCUT2D eigenvalue weighted by Gasteiger charge is 1.88. The van der Waals surface area contributed by atoms with Crippen LogP contribution in [0, 0.1) is 0 Å². The quantitative estimate of drug-likeness (QED) is 0.410. The van der Waals surface area contributed by atoms with Gasteiger partial charge in [0.1, 0.15) is 5.15 Å². The average molecular weight is 222 g/mol. The van der Waals surface area contributed by atoms with Gasteiger partial charge >= 0.3 is 0 Å². The Labute approximate surface area is 86.5 Å². The molecule has 0 spiro atoms. The Kier molecular flexibility index (Phi) is 6.18. The summed E-state index contributed by atoms with van der Waals surface area (Å²) in [4.78, 5) is 18.1. The Hall–Kier alpha value is -0.870. The van der Waals surface area contributed by atoms with Gasteiger partial charge in [-0.3, -0.25) is 4.79 Å². The molecule has 0 unspecified atom stereocenters. The first-order chi connectivity index (χ1) is 6.06. The van der Waals surface area contributed by atoms with E-state index in [1.54, 1.807) is 20.2 Å². The first kappa shape index (κ1) is 12.1. The zero-order chi connectivity index (χ0) is 10.3. The van der Waals surface area contributed by atoms with E-state index in [1.807, 2.05) is 0 Å². The molecule has 0 aliphatic heterocycles. The number of rotatable bonds is 1. The third kappa shape index (κ3) is 7.49.